The number of benzene rings is 2. The van der Waals surface area contributed by atoms with Crippen molar-refractivity contribution in [2.24, 2.45) is 0 Å². The summed E-state index contributed by atoms with van der Waals surface area (Å²) in [6, 6.07) is 13.0. The number of rotatable bonds is 2. The Morgan fingerprint density at radius 3 is 2.67 bits per heavy atom. The Labute approximate surface area is 124 Å². The lowest BCUT2D eigenvalue weighted by Crippen LogP contribution is -2.12. The Kier molecular flexibility index (Phi) is 4.24. The van der Waals surface area contributed by atoms with Crippen LogP contribution in [0.4, 0.5) is 5.69 Å². The smallest absolute Gasteiger partial charge is 0.257 e. The fourth-order valence-corrected chi connectivity index (χ4v) is 2.34. The van der Waals surface area contributed by atoms with E-state index >= 15 is 0 Å². The Bertz CT molecular complexity index is 598. The number of nitrogens with one attached hydrogen (secondary N) is 1. The number of amides is 1. The molecule has 0 saturated carbocycles. The van der Waals surface area contributed by atoms with E-state index in [1.54, 1.807) is 6.07 Å². The van der Waals surface area contributed by atoms with Gasteiger partial charge in [0.05, 0.1) is 10.6 Å². The van der Waals surface area contributed by atoms with Crippen molar-refractivity contribution in [1.29, 1.82) is 0 Å². The van der Waals surface area contributed by atoms with Crippen LogP contribution in [-0.4, -0.2) is 5.91 Å². The van der Waals surface area contributed by atoms with Crippen molar-refractivity contribution in [3.63, 3.8) is 0 Å². The summed E-state index contributed by atoms with van der Waals surface area (Å²) in [6.45, 7) is 1.88. The molecule has 18 heavy (non-hydrogen) atoms. The van der Waals surface area contributed by atoms with Crippen LogP contribution in [0.3, 0.4) is 0 Å². The maximum Gasteiger partial charge on any atom is 0.257 e. The topological polar surface area (TPSA) is 29.1 Å². The third-order valence-corrected chi connectivity index (χ3v) is 3.69. The summed E-state index contributed by atoms with van der Waals surface area (Å²) in [7, 11) is 0. The number of halogens is 2. The zero-order chi connectivity index (χ0) is 13.1. The molecule has 92 valence electrons. The van der Waals surface area contributed by atoms with Gasteiger partial charge in [0.1, 0.15) is 0 Å². The Morgan fingerprint density at radius 2 is 1.94 bits per heavy atom. The molecule has 0 heterocycles. The lowest BCUT2D eigenvalue weighted by Gasteiger charge is -2.08. The molecular formula is C14H11ClINO. The molecule has 1 amide bonds. The van der Waals surface area contributed by atoms with E-state index < -0.39 is 0 Å². The Morgan fingerprint density at radius 1 is 1.22 bits per heavy atom. The second-order valence-electron chi connectivity index (χ2n) is 3.90. The molecule has 0 aliphatic carbocycles. The molecule has 2 aromatic rings. The van der Waals surface area contributed by atoms with E-state index in [2.05, 4.69) is 27.9 Å². The minimum atomic E-state index is -0.189. The second-order valence-corrected chi connectivity index (χ2v) is 5.52. The number of anilines is 1. The van der Waals surface area contributed by atoms with Crippen LogP contribution in [-0.2, 0) is 0 Å². The van der Waals surface area contributed by atoms with Crippen molar-refractivity contribution in [1.82, 2.24) is 0 Å². The summed E-state index contributed by atoms with van der Waals surface area (Å²) in [6.07, 6.45) is 0. The highest BCUT2D eigenvalue weighted by Gasteiger charge is 2.11. The molecule has 0 spiro atoms. The minimum Gasteiger partial charge on any atom is -0.322 e. The molecule has 2 rings (SSSR count). The predicted molar refractivity (Wildman–Crippen MR) is 83.3 cm³/mol. The molecule has 1 N–H and O–H groups in total. The van der Waals surface area contributed by atoms with Crippen molar-refractivity contribution in [3.05, 3.63) is 62.2 Å². The van der Waals surface area contributed by atoms with Crippen LogP contribution in [0, 0.1) is 10.5 Å². The lowest BCUT2D eigenvalue weighted by molar-refractivity contribution is 0.102. The number of hydrogen-bond donors (Lipinski definition) is 1. The first-order chi connectivity index (χ1) is 8.58. The highest BCUT2D eigenvalue weighted by atomic mass is 127. The summed E-state index contributed by atoms with van der Waals surface area (Å²) >= 11 is 8.32. The maximum atomic E-state index is 12.1. The Balaban J connectivity index is 2.25. The largest absolute Gasteiger partial charge is 0.322 e. The average Bonchev–Trinajstić information content (AvgIpc) is 2.32. The van der Waals surface area contributed by atoms with Crippen LogP contribution in [0.2, 0.25) is 5.02 Å². The monoisotopic (exact) mass is 371 g/mol. The van der Waals surface area contributed by atoms with Gasteiger partial charge in [0.25, 0.3) is 5.91 Å². The number of hydrogen-bond acceptors (Lipinski definition) is 1. The average molecular weight is 372 g/mol. The molecular weight excluding hydrogens is 361 g/mol. The molecule has 0 atom stereocenters. The van der Waals surface area contributed by atoms with Crippen molar-refractivity contribution >= 4 is 45.8 Å². The van der Waals surface area contributed by atoms with Crippen LogP contribution in [0.1, 0.15) is 15.9 Å². The highest BCUT2D eigenvalue weighted by molar-refractivity contribution is 14.1. The third-order valence-electron chi connectivity index (χ3n) is 2.52. The van der Waals surface area contributed by atoms with Crippen molar-refractivity contribution < 1.29 is 4.79 Å². The fraction of sp³-hybridized carbons (Fsp3) is 0.0714. The number of carbonyl (C=O) groups is 1. The first-order valence-corrected chi connectivity index (χ1v) is 6.85. The Hall–Kier alpha value is -1.07. The minimum absolute atomic E-state index is 0.189. The molecule has 0 fully saturated rings. The SMILES string of the molecule is Cc1cccc(C(=O)Nc2cccc(I)c2)c1Cl. The maximum absolute atomic E-state index is 12.1. The van der Waals surface area contributed by atoms with Gasteiger partial charge >= 0.3 is 0 Å². The normalized spacial score (nSPS) is 10.2. The van der Waals surface area contributed by atoms with Crippen LogP contribution in [0.25, 0.3) is 0 Å². The zero-order valence-electron chi connectivity index (χ0n) is 9.71. The van der Waals surface area contributed by atoms with Gasteiger partial charge in [-0.3, -0.25) is 4.79 Å². The first-order valence-electron chi connectivity index (χ1n) is 5.40. The van der Waals surface area contributed by atoms with Gasteiger partial charge in [0.2, 0.25) is 0 Å². The summed E-state index contributed by atoms with van der Waals surface area (Å²) in [4.78, 5) is 12.1. The molecule has 0 saturated heterocycles. The molecule has 2 aromatic carbocycles. The van der Waals surface area contributed by atoms with E-state index in [0.717, 1.165) is 14.8 Å². The quantitative estimate of drug-likeness (QED) is 0.774. The van der Waals surface area contributed by atoms with E-state index in [-0.39, 0.29) is 5.91 Å². The highest BCUT2D eigenvalue weighted by Crippen LogP contribution is 2.21. The summed E-state index contributed by atoms with van der Waals surface area (Å²) in [5, 5.41) is 3.34. The number of aryl methyl sites for hydroxylation is 1. The lowest BCUT2D eigenvalue weighted by atomic mass is 10.1. The van der Waals surface area contributed by atoms with Crippen molar-refractivity contribution in [3.8, 4) is 0 Å². The van der Waals surface area contributed by atoms with Gasteiger partial charge in [0.15, 0.2) is 0 Å². The van der Waals surface area contributed by atoms with Crippen LogP contribution < -0.4 is 5.32 Å². The molecule has 4 heteroatoms. The van der Waals surface area contributed by atoms with Gasteiger partial charge in [-0.05, 0) is 59.3 Å². The molecule has 2 nitrogen and oxygen atoms in total. The number of carbonyl (C=O) groups excluding carboxylic acids is 1. The standard InChI is InChI=1S/C14H11ClINO/c1-9-4-2-7-12(13(9)15)14(18)17-11-6-3-5-10(16)8-11/h2-8H,1H3,(H,17,18). The second kappa shape index (κ2) is 5.71. The van der Waals surface area contributed by atoms with Gasteiger partial charge in [-0.25, -0.2) is 0 Å². The van der Waals surface area contributed by atoms with Gasteiger partial charge in [-0.15, -0.1) is 0 Å². The van der Waals surface area contributed by atoms with E-state index in [4.69, 9.17) is 11.6 Å². The van der Waals surface area contributed by atoms with E-state index in [0.29, 0.717) is 10.6 Å². The van der Waals surface area contributed by atoms with Gasteiger partial charge in [-0.2, -0.15) is 0 Å². The van der Waals surface area contributed by atoms with Crippen LogP contribution in [0.15, 0.2) is 42.5 Å². The van der Waals surface area contributed by atoms with Crippen LogP contribution >= 0.6 is 34.2 Å². The van der Waals surface area contributed by atoms with Gasteiger partial charge in [-0.1, -0.05) is 29.8 Å². The van der Waals surface area contributed by atoms with Crippen LogP contribution in [0.5, 0.6) is 0 Å². The molecule has 0 radical (unpaired) electrons. The molecule has 0 aliphatic rings. The van der Waals surface area contributed by atoms with E-state index in [1.165, 1.54) is 0 Å². The molecule has 0 aliphatic heterocycles. The summed E-state index contributed by atoms with van der Waals surface area (Å²) in [5.74, 6) is -0.189. The predicted octanol–water partition coefficient (Wildman–Crippen LogP) is 4.51. The third kappa shape index (κ3) is 3.03. The zero-order valence-corrected chi connectivity index (χ0v) is 12.6. The fourth-order valence-electron chi connectivity index (χ4n) is 1.59. The summed E-state index contributed by atoms with van der Waals surface area (Å²) in [5.41, 5.74) is 2.16. The van der Waals surface area contributed by atoms with E-state index in [9.17, 15) is 4.79 Å². The first kappa shape index (κ1) is 13.4. The molecule has 0 bridgehead atoms. The molecule has 0 unspecified atom stereocenters. The van der Waals surface area contributed by atoms with Gasteiger partial charge in [0, 0.05) is 9.26 Å². The van der Waals surface area contributed by atoms with Crippen molar-refractivity contribution in [2.45, 2.75) is 6.92 Å². The summed E-state index contributed by atoms with van der Waals surface area (Å²) < 4.78 is 1.07. The van der Waals surface area contributed by atoms with Gasteiger partial charge < -0.3 is 5.32 Å². The molecule has 0 aromatic heterocycles. The van der Waals surface area contributed by atoms with Crippen molar-refractivity contribution in [2.75, 3.05) is 5.32 Å². The van der Waals surface area contributed by atoms with E-state index in [1.807, 2.05) is 43.3 Å².